The van der Waals surface area contributed by atoms with Crippen LogP contribution >= 0.6 is 23.2 Å². The van der Waals surface area contributed by atoms with E-state index in [2.05, 4.69) is 12.1 Å². The fourth-order valence-corrected chi connectivity index (χ4v) is 4.31. The zero-order chi connectivity index (χ0) is 19.1. The first-order valence-corrected chi connectivity index (χ1v) is 10.4. The SMILES string of the molecule is Clc1ccc(-c2nc3c(-c4ccc(Cl)cc4)cnn3c3c2CCCCC3)cc1. The van der Waals surface area contributed by atoms with E-state index < -0.39 is 0 Å². The molecule has 0 saturated heterocycles. The summed E-state index contributed by atoms with van der Waals surface area (Å²) in [5.41, 5.74) is 7.75. The quantitative estimate of drug-likeness (QED) is 0.348. The molecule has 2 heterocycles. The highest BCUT2D eigenvalue weighted by Crippen LogP contribution is 2.34. The van der Waals surface area contributed by atoms with Crippen molar-refractivity contribution in [2.24, 2.45) is 0 Å². The Hall–Kier alpha value is -2.36. The van der Waals surface area contributed by atoms with E-state index in [1.807, 2.05) is 47.1 Å². The van der Waals surface area contributed by atoms with Gasteiger partial charge in [0.05, 0.1) is 11.9 Å². The van der Waals surface area contributed by atoms with Crippen LogP contribution in [0.15, 0.2) is 54.7 Å². The minimum Gasteiger partial charge on any atom is -0.228 e. The Morgan fingerprint density at radius 2 is 1.39 bits per heavy atom. The Morgan fingerprint density at radius 3 is 2.11 bits per heavy atom. The zero-order valence-electron chi connectivity index (χ0n) is 15.3. The lowest BCUT2D eigenvalue weighted by atomic mass is 10.0. The van der Waals surface area contributed by atoms with Gasteiger partial charge in [0.1, 0.15) is 0 Å². The standard InChI is InChI=1S/C23H19Cl2N3/c24-17-10-6-15(7-11-17)20-14-26-28-21-5-3-1-2-4-19(21)22(27-23(20)28)16-8-12-18(25)13-9-16/h6-14H,1-5H2. The van der Waals surface area contributed by atoms with Gasteiger partial charge in [-0.2, -0.15) is 5.10 Å². The maximum absolute atomic E-state index is 6.12. The summed E-state index contributed by atoms with van der Waals surface area (Å²) >= 11 is 12.2. The van der Waals surface area contributed by atoms with Crippen molar-refractivity contribution < 1.29 is 0 Å². The molecule has 0 unspecified atom stereocenters. The van der Waals surface area contributed by atoms with Gasteiger partial charge in [-0.3, -0.25) is 0 Å². The van der Waals surface area contributed by atoms with E-state index in [0.29, 0.717) is 0 Å². The normalized spacial score (nSPS) is 14.1. The summed E-state index contributed by atoms with van der Waals surface area (Å²) in [6, 6.07) is 15.8. The number of nitrogens with zero attached hydrogens (tertiary/aromatic N) is 3. The first-order valence-electron chi connectivity index (χ1n) is 9.62. The van der Waals surface area contributed by atoms with E-state index in [9.17, 15) is 0 Å². The van der Waals surface area contributed by atoms with Gasteiger partial charge in [0.2, 0.25) is 0 Å². The molecule has 0 atom stereocenters. The lowest BCUT2D eigenvalue weighted by molar-refractivity contribution is 0.702. The first kappa shape index (κ1) is 17.7. The molecule has 0 spiro atoms. The number of benzene rings is 2. The molecule has 0 saturated carbocycles. The Balaban J connectivity index is 1.78. The molecule has 0 aliphatic heterocycles. The zero-order valence-corrected chi connectivity index (χ0v) is 16.8. The van der Waals surface area contributed by atoms with E-state index in [4.69, 9.17) is 33.3 Å². The van der Waals surface area contributed by atoms with E-state index >= 15 is 0 Å². The Bertz CT molecular complexity index is 1150. The van der Waals surface area contributed by atoms with Gasteiger partial charge in [-0.15, -0.1) is 0 Å². The fraction of sp³-hybridized carbons (Fsp3) is 0.217. The van der Waals surface area contributed by atoms with Crippen molar-refractivity contribution in [3.8, 4) is 22.4 Å². The second kappa shape index (κ2) is 7.23. The average molecular weight is 408 g/mol. The second-order valence-electron chi connectivity index (χ2n) is 7.25. The van der Waals surface area contributed by atoms with Crippen LogP contribution in [0, 0.1) is 0 Å². The summed E-state index contributed by atoms with van der Waals surface area (Å²) in [5, 5.41) is 6.19. The first-order chi connectivity index (χ1) is 13.7. The summed E-state index contributed by atoms with van der Waals surface area (Å²) in [4.78, 5) is 5.11. The highest BCUT2D eigenvalue weighted by molar-refractivity contribution is 6.30. The molecule has 5 rings (SSSR count). The molecule has 2 aromatic carbocycles. The third-order valence-electron chi connectivity index (χ3n) is 5.46. The van der Waals surface area contributed by atoms with Crippen molar-refractivity contribution in [3.63, 3.8) is 0 Å². The summed E-state index contributed by atoms with van der Waals surface area (Å²) in [7, 11) is 0. The monoisotopic (exact) mass is 407 g/mol. The van der Waals surface area contributed by atoms with E-state index in [1.54, 1.807) is 0 Å². The summed E-state index contributed by atoms with van der Waals surface area (Å²) in [6.07, 6.45) is 7.58. The van der Waals surface area contributed by atoms with Gasteiger partial charge in [0, 0.05) is 32.4 Å². The largest absolute Gasteiger partial charge is 0.228 e. The van der Waals surface area contributed by atoms with Crippen molar-refractivity contribution >= 4 is 28.8 Å². The van der Waals surface area contributed by atoms with Crippen LogP contribution in [-0.4, -0.2) is 14.6 Å². The van der Waals surface area contributed by atoms with Crippen LogP contribution < -0.4 is 0 Å². The maximum Gasteiger partial charge on any atom is 0.163 e. The summed E-state index contributed by atoms with van der Waals surface area (Å²) < 4.78 is 2.05. The predicted molar refractivity (Wildman–Crippen MR) is 115 cm³/mol. The number of aryl methyl sites for hydroxylation is 1. The number of hydrogen-bond donors (Lipinski definition) is 0. The smallest absolute Gasteiger partial charge is 0.163 e. The molecular weight excluding hydrogens is 389 g/mol. The number of fused-ring (bicyclic) bond motifs is 3. The lowest BCUT2D eigenvalue weighted by Gasteiger charge is -2.14. The Kier molecular flexibility index (Phi) is 4.58. The number of rotatable bonds is 2. The van der Waals surface area contributed by atoms with Crippen LogP contribution in [-0.2, 0) is 12.8 Å². The van der Waals surface area contributed by atoms with Crippen LogP contribution in [0.2, 0.25) is 10.0 Å². The molecule has 140 valence electrons. The van der Waals surface area contributed by atoms with Gasteiger partial charge in [-0.25, -0.2) is 9.50 Å². The molecule has 0 radical (unpaired) electrons. The van der Waals surface area contributed by atoms with E-state index in [1.165, 1.54) is 30.5 Å². The fourth-order valence-electron chi connectivity index (χ4n) is 4.06. The molecule has 0 amide bonds. The minimum atomic E-state index is 0.726. The number of halogens is 2. The van der Waals surface area contributed by atoms with Crippen molar-refractivity contribution in [1.82, 2.24) is 14.6 Å². The molecule has 0 N–H and O–H groups in total. The van der Waals surface area contributed by atoms with Gasteiger partial charge < -0.3 is 0 Å². The summed E-state index contributed by atoms with van der Waals surface area (Å²) in [5.74, 6) is 0. The summed E-state index contributed by atoms with van der Waals surface area (Å²) in [6.45, 7) is 0. The van der Waals surface area contributed by atoms with Crippen LogP contribution in [0.1, 0.15) is 30.5 Å². The molecule has 0 bridgehead atoms. The second-order valence-corrected chi connectivity index (χ2v) is 8.13. The highest BCUT2D eigenvalue weighted by Gasteiger charge is 2.21. The molecule has 3 nitrogen and oxygen atoms in total. The Labute approximate surface area is 173 Å². The van der Waals surface area contributed by atoms with Gasteiger partial charge >= 0.3 is 0 Å². The van der Waals surface area contributed by atoms with E-state index in [0.717, 1.165) is 50.9 Å². The predicted octanol–water partition coefficient (Wildman–Crippen LogP) is 6.64. The number of hydrogen-bond acceptors (Lipinski definition) is 2. The van der Waals surface area contributed by atoms with Crippen molar-refractivity contribution in [2.45, 2.75) is 32.1 Å². The average Bonchev–Trinajstić information content (AvgIpc) is 2.97. The van der Waals surface area contributed by atoms with Crippen molar-refractivity contribution in [3.05, 3.63) is 76.0 Å². The lowest BCUT2D eigenvalue weighted by Crippen LogP contribution is -2.07. The van der Waals surface area contributed by atoms with Crippen molar-refractivity contribution in [1.29, 1.82) is 0 Å². The number of aromatic nitrogens is 3. The molecule has 5 heteroatoms. The van der Waals surface area contributed by atoms with Gasteiger partial charge in [-0.05, 0) is 55.5 Å². The van der Waals surface area contributed by atoms with Crippen LogP contribution in [0.25, 0.3) is 28.0 Å². The van der Waals surface area contributed by atoms with Crippen LogP contribution in [0.5, 0.6) is 0 Å². The minimum absolute atomic E-state index is 0.726. The highest BCUT2D eigenvalue weighted by atomic mass is 35.5. The van der Waals surface area contributed by atoms with Crippen LogP contribution in [0.3, 0.4) is 0 Å². The molecule has 2 aromatic heterocycles. The molecule has 1 aliphatic rings. The molecule has 0 fully saturated rings. The Morgan fingerprint density at radius 1 is 0.750 bits per heavy atom. The van der Waals surface area contributed by atoms with Crippen molar-refractivity contribution in [2.75, 3.05) is 0 Å². The molecule has 4 aromatic rings. The van der Waals surface area contributed by atoms with E-state index in [-0.39, 0.29) is 0 Å². The van der Waals surface area contributed by atoms with Gasteiger partial charge in [0.25, 0.3) is 0 Å². The molecule has 1 aliphatic carbocycles. The van der Waals surface area contributed by atoms with Gasteiger partial charge in [-0.1, -0.05) is 53.9 Å². The molecule has 28 heavy (non-hydrogen) atoms. The third kappa shape index (κ3) is 3.09. The van der Waals surface area contributed by atoms with Crippen LogP contribution in [0.4, 0.5) is 0 Å². The maximum atomic E-state index is 6.12. The van der Waals surface area contributed by atoms with Gasteiger partial charge in [0.15, 0.2) is 5.65 Å². The topological polar surface area (TPSA) is 30.2 Å². The third-order valence-corrected chi connectivity index (χ3v) is 5.97. The molecular formula is C23H19Cl2N3.